The van der Waals surface area contributed by atoms with Crippen molar-refractivity contribution >= 4 is 0 Å². The van der Waals surface area contributed by atoms with Crippen molar-refractivity contribution in [1.29, 1.82) is 0 Å². The molecule has 0 spiro atoms. The number of rotatable bonds is 3. The predicted octanol–water partition coefficient (Wildman–Crippen LogP) is 0.907. The van der Waals surface area contributed by atoms with Crippen molar-refractivity contribution in [1.82, 2.24) is 15.1 Å². The van der Waals surface area contributed by atoms with Crippen molar-refractivity contribution in [2.24, 2.45) is 0 Å². The highest BCUT2D eigenvalue weighted by Gasteiger charge is 2.34. The van der Waals surface area contributed by atoms with Gasteiger partial charge in [-0.25, -0.2) is 0 Å². The van der Waals surface area contributed by atoms with E-state index >= 15 is 0 Å². The lowest BCUT2D eigenvalue weighted by Gasteiger charge is -2.38. The van der Waals surface area contributed by atoms with Gasteiger partial charge in [0.15, 0.2) is 0 Å². The zero-order chi connectivity index (χ0) is 11.0. The van der Waals surface area contributed by atoms with E-state index in [0.29, 0.717) is 0 Å². The van der Waals surface area contributed by atoms with Crippen LogP contribution in [-0.2, 0) is 0 Å². The van der Waals surface area contributed by atoms with Gasteiger partial charge in [-0.05, 0) is 39.2 Å². The summed E-state index contributed by atoms with van der Waals surface area (Å²) < 4.78 is 0. The van der Waals surface area contributed by atoms with Crippen LogP contribution in [0.15, 0.2) is 0 Å². The van der Waals surface area contributed by atoms with Gasteiger partial charge in [-0.1, -0.05) is 0 Å². The average Bonchev–Trinajstić information content (AvgIpc) is 3.07. The van der Waals surface area contributed by atoms with E-state index in [1.54, 1.807) is 0 Å². The highest BCUT2D eigenvalue weighted by Crippen LogP contribution is 2.29. The van der Waals surface area contributed by atoms with Gasteiger partial charge in [0, 0.05) is 44.3 Å². The Kier molecular flexibility index (Phi) is 3.18. The second-order valence-electron chi connectivity index (χ2n) is 5.76. The molecule has 0 radical (unpaired) electrons. The monoisotopic (exact) mass is 223 g/mol. The molecule has 0 aromatic rings. The Bertz CT molecular complexity index is 231. The molecular formula is C13H25N3. The fraction of sp³-hybridized carbons (Fsp3) is 1.00. The molecule has 2 atom stereocenters. The molecule has 3 aliphatic rings. The summed E-state index contributed by atoms with van der Waals surface area (Å²) in [6.07, 6.45) is 7.09. The SMILES string of the molecule is CNC1CCC(N2CCN(C3CC3)CC2)C1. The number of nitrogens with one attached hydrogen (secondary N) is 1. The van der Waals surface area contributed by atoms with Crippen LogP contribution in [0, 0.1) is 0 Å². The van der Waals surface area contributed by atoms with Crippen LogP contribution in [0.2, 0.25) is 0 Å². The van der Waals surface area contributed by atoms with E-state index in [2.05, 4.69) is 22.2 Å². The summed E-state index contributed by atoms with van der Waals surface area (Å²) in [5, 5.41) is 3.43. The van der Waals surface area contributed by atoms with Gasteiger partial charge in [0.25, 0.3) is 0 Å². The number of piperazine rings is 1. The molecule has 3 rings (SSSR count). The molecule has 0 aromatic heterocycles. The predicted molar refractivity (Wildman–Crippen MR) is 66.7 cm³/mol. The van der Waals surface area contributed by atoms with Crippen LogP contribution in [0.1, 0.15) is 32.1 Å². The summed E-state index contributed by atoms with van der Waals surface area (Å²) in [5.41, 5.74) is 0. The molecule has 1 N–H and O–H groups in total. The van der Waals surface area contributed by atoms with Crippen molar-refractivity contribution in [3.05, 3.63) is 0 Å². The second kappa shape index (κ2) is 4.63. The Morgan fingerprint density at radius 3 is 1.88 bits per heavy atom. The fourth-order valence-corrected chi connectivity index (χ4v) is 3.46. The zero-order valence-electron chi connectivity index (χ0n) is 10.5. The highest BCUT2D eigenvalue weighted by molar-refractivity contribution is 4.91. The van der Waals surface area contributed by atoms with Crippen LogP contribution in [-0.4, -0.2) is 61.2 Å². The van der Waals surface area contributed by atoms with Gasteiger partial charge in [-0.2, -0.15) is 0 Å². The van der Waals surface area contributed by atoms with Crippen LogP contribution in [0.4, 0.5) is 0 Å². The van der Waals surface area contributed by atoms with Gasteiger partial charge in [0.1, 0.15) is 0 Å². The van der Waals surface area contributed by atoms with Crippen LogP contribution in [0.25, 0.3) is 0 Å². The quantitative estimate of drug-likeness (QED) is 0.767. The van der Waals surface area contributed by atoms with Crippen molar-refractivity contribution in [3.8, 4) is 0 Å². The molecule has 1 aliphatic heterocycles. The van der Waals surface area contributed by atoms with E-state index < -0.39 is 0 Å². The summed E-state index contributed by atoms with van der Waals surface area (Å²) in [7, 11) is 2.11. The smallest absolute Gasteiger partial charge is 0.0113 e. The van der Waals surface area contributed by atoms with Crippen LogP contribution in [0.5, 0.6) is 0 Å². The normalized spacial score (nSPS) is 38.1. The molecule has 92 valence electrons. The van der Waals surface area contributed by atoms with E-state index in [1.165, 1.54) is 58.3 Å². The molecule has 1 saturated heterocycles. The molecule has 16 heavy (non-hydrogen) atoms. The van der Waals surface area contributed by atoms with E-state index in [1.807, 2.05) is 0 Å². The van der Waals surface area contributed by atoms with Gasteiger partial charge >= 0.3 is 0 Å². The van der Waals surface area contributed by atoms with E-state index in [0.717, 1.165) is 18.1 Å². The second-order valence-corrected chi connectivity index (χ2v) is 5.76. The Labute approximate surface area is 99.2 Å². The van der Waals surface area contributed by atoms with Gasteiger partial charge in [0.05, 0.1) is 0 Å². The molecule has 0 amide bonds. The maximum atomic E-state index is 3.43. The summed E-state index contributed by atoms with van der Waals surface area (Å²) >= 11 is 0. The highest BCUT2D eigenvalue weighted by atomic mass is 15.3. The number of nitrogens with zero attached hydrogens (tertiary/aromatic N) is 2. The standard InChI is InChI=1S/C13H25N3/c1-14-11-2-3-13(10-11)16-8-6-15(7-9-16)12-4-5-12/h11-14H,2-10H2,1H3. The third kappa shape index (κ3) is 2.27. The van der Waals surface area contributed by atoms with Gasteiger partial charge in [-0.3, -0.25) is 9.80 Å². The molecule has 3 nitrogen and oxygen atoms in total. The first-order valence-corrected chi connectivity index (χ1v) is 7.02. The van der Waals surface area contributed by atoms with Crippen LogP contribution in [0.3, 0.4) is 0 Å². The maximum Gasteiger partial charge on any atom is 0.0113 e. The van der Waals surface area contributed by atoms with E-state index in [4.69, 9.17) is 0 Å². The Balaban J connectivity index is 1.46. The number of hydrogen-bond acceptors (Lipinski definition) is 3. The van der Waals surface area contributed by atoms with Gasteiger partial charge in [-0.15, -0.1) is 0 Å². The first-order valence-electron chi connectivity index (χ1n) is 7.02. The minimum atomic E-state index is 0.784. The maximum absolute atomic E-state index is 3.43. The third-order valence-corrected chi connectivity index (χ3v) is 4.74. The summed E-state index contributed by atoms with van der Waals surface area (Å²) in [6, 6.07) is 2.63. The fourth-order valence-electron chi connectivity index (χ4n) is 3.46. The van der Waals surface area contributed by atoms with E-state index in [-0.39, 0.29) is 0 Å². The van der Waals surface area contributed by atoms with Crippen molar-refractivity contribution in [2.45, 2.75) is 50.2 Å². The van der Waals surface area contributed by atoms with Gasteiger partial charge < -0.3 is 5.32 Å². The molecule has 1 heterocycles. The van der Waals surface area contributed by atoms with E-state index in [9.17, 15) is 0 Å². The van der Waals surface area contributed by atoms with Crippen LogP contribution < -0.4 is 5.32 Å². The molecule has 0 bridgehead atoms. The Morgan fingerprint density at radius 2 is 1.38 bits per heavy atom. The minimum absolute atomic E-state index is 0.784. The summed E-state index contributed by atoms with van der Waals surface area (Å²) in [6.45, 7) is 5.28. The molecule has 2 unspecified atom stereocenters. The molecule has 2 saturated carbocycles. The molecular weight excluding hydrogens is 198 g/mol. The molecule has 2 aliphatic carbocycles. The first kappa shape index (κ1) is 11.0. The van der Waals surface area contributed by atoms with Crippen LogP contribution >= 0.6 is 0 Å². The Hall–Kier alpha value is -0.120. The molecule has 3 fully saturated rings. The molecule has 0 aromatic carbocycles. The molecule has 3 heteroatoms. The minimum Gasteiger partial charge on any atom is -0.317 e. The number of hydrogen-bond donors (Lipinski definition) is 1. The summed E-state index contributed by atoms with van der Waals surface area (Å²) in [4.78, 5) is 5.46. The topological polar surface area (TPSA) is 18.5 Å². The lowest BCUT2D eigenvalue weighted by molar-refractivity contribution is 0.0925. The van der Waals surface area contributed by atoms with Crippen molar-refractivity contribution in [3.63, 3.8) is 0 Å². The first-order chi connectivity index (χ1) is 7.86. The zero-order valence-corrected chi connectivity index (χ0v) is 10.5. The summed E-state index contributed by atoms with van der Waals surface area (Å²) in [5.74, 6) is 0. The van der Waals surface area contributed by atoms with Crippen molar-refractivity contribution in [2.75, 3.05) is 33.2 Å². The Morgan fingerprint density at radius 1 is 0.812 bits per heavy atom. The lowest BCUT2D eigenvalue weighted by Crippen LogP contribution is -2.50. The van der Waals surface area contributed by atoms with Gasteiger partial charge in [0.2, 0.25) is 0 Å². The average molecular weight is 223 g/mol. The third-order valence-electron chi connectivity index (χ3n) is 4.74. The largest absolute Gasteiger partial charge is 0.317 e. The van der Waals surface area contributed by atoms with Crippen molar-refractivity contribution < 1.29 is 0 Å². The lowest BCUT2D eigenvalue weighted by atomic mass is 10.1.